The van der Waals surface area contributed by atoms with Crippen LogP contribution in [-0.4, -0.2) is 30.7 Å². The average molecular weight is 544 g/mol. The molecule has 0 aliphatic heterocycles. The summed E-state index contributed by atoms with van der Waals surface area (Å²) in [5.41, 5.74) is 4.04. The molecule has 0 aliphatic carbocycles. The van der Waals surface area contributed by atoms with Crippen LogP contribution in [0, 0.1) is 5.82 Å². The summed E-state index contributed by atoms with van der Waals surface area (Å²) in [5, 5.41) is 5.25. The fourth-order valence-electron chi connectivity index (χ4n) is 3.72. The first-order valence-corrected chi connectivity index (χ1v) is 13.6. The Morgan fingerprint density at radius 2 is 1.49 bits per heavy atom. The summed E-state index contributed by atoms with van der Waals surface area (Å²) in [7, 11) is -3.36. The summed E-state index contributed by atoms with van der Waals surface area (Å²) in [6, 6.07) is 24.1. The van der Waals surface area contributed by atoms with Gasteiger partial charge in [-0.05, 0) is 66.7 Å². The van der Waals surface area contributed by atoms with Crippen molar-refractivity contribution in [3.05, 3.63) is 103 Å². The number of nitrogens with one attached hydrogen (secondary N) is 3. The Hall–Kier alpha value is -5.03. The number of sulfonamides is 1. The first kappa shape index (κ1) is 25.6. The molecule has 0 bridgehead atoms. The minimum absolute atomic E-state index is 0.344. The van der Waals surface area contributed by atoms with Crippen LogP contribution in [-0.2, 0) is 10.0 Å². The second kappa shape index (κ2) is 10.8. The minimum atomic E-state index is -3.36. The maximum Gasteiger partial charge on any atom is 0.323 e. The van der Waals surface area contributed by atoms with Crippen molar-refractivity contribution in [1.82, 2.24) is 9.97 Å². The molecule has 0 atom stereocenters. The zero-order chi connectivity index (χ0) is 27.4. The summed E-state index contributed by atoms with van der Waals surface area (Å²) in [5.74, 6) is 0.651. The van der Waals surface area contributed by atoms with E-state index in [1.54, 1.807) is 79.0 Å². The van der Waals surface area contributed by atoms with Crippen molar-refractivity contribution in [3.8, 4) is 22.8 Å². The highest BCUT2D eigenvalue weighted by Gasteiger charge is 2.08. The number of hydrogen-bond acceptors (Lipinski definition) is 6. The number of benzene rings is 4. The van der Waals surface area contributed by atoms with Crippen LogP contribution >= 0.6 is 0 Å². The van der Waals surface area contributed by atoms with E-state index in [-0.39, 0.29) is 0 Å². The number of carbonyl (C=O) groups is 1. The Kier molecular flexibility index (Phi) is 7.06. The second-order valence-electron chi connectivity index (χ2n) is 8.57. The number of amides is 2. The molecule has 5 rings (SSSR count). The van der Waals surface area contributed by atoms with Gasteiger partial charge in [0.05, 0.1) is 29.2 Å². The summed E-state index contributed by atoms with van der Waals surface area (Å²) < 4.78 is 44.5. The average Bonchev–Trinajstić information content (AvgIpc) is 2.89. The van der Waals surface area contributed by atoms with Gasteiger partial charge in [0.1, 0.15) is 17.3 Å². The van der Waals surface area contributed by atoms with E-state index in [9.17, 15) is 17.6 Å². The summed E-state index contributed by atoms with van der Waals surface area (Å²) in [6.07, 6.45) is 2.74. The minimum Gasteiger partial charge on any atom is -0.457 e. The Morgan fingerprint density at radius 1 is 0.795 bits per heavy atom. The number of ether oxygens (including phenoxy) is 1. The molecular formula is C28H22FN5O4S. The predicted octanol–water partition coefficient (Wildman–Crippen LogP) is 6.24. The van der Waals surface area contributed by atoms with Gasteiger partial charge in [0.15, 0.2) is 0 Å². The molecule has 0 fully saturated rings. The second-order valence-corrected chi connectivity index (χ2v) is 10.3. The smallest absolute Gasteiger partial charge is 0.323 e. The van der Waals surface area contributed by atoms with E-state index in [0.29, 0.717) is 45.3 Å². The van der Waals surface area contributed by atoms with Crippen molar-refractivity contribution in [2.75, 3.05) is 21.6 Å². The maximum absolute atomic E-state index is 13.3. The van der Waals surface area contributed by atoms with Gasteiger partial charge < -0.3 is 15.4 Å². The molecule has 0 spiro atoms. The summed E-state index contributed by atoms with van der Waals surface area (Å²) >= 11 is 0. The largest absolute Gasteiger partial charge is 0.457 e. The van der Waals surface area contributed by atoms with Crippen LogP contribution in [0.5, 0.6) is 11.5 Å². The lowest BCUT2D eigenvalue weighted by Gasteiger charge is -2.10. The van der Waals surface area contributed by atoms with Crippen LogP contribution in [0.3, 0.4) is 0 Å². The van der Waals surface area contributed by atoms with Crippen molar-refractivity contribution in [3.63, 3.8) is 0 Å². The van der Waals surface area contributed by atoms with E-state index in [0.717, 1.165) is 11.8 Å². The molecule has 11 heteroatoms. The van der Waals surface area contributed by atoms with E-state index in [4.69, 9.17) is 4.74 Å². The number of anilines is 3. The van der Waals surface area contributed by atoms with Crippen molar-refractivity contribution in [2.24, 2.45) is 0 Å². The summed E-state index contributed by atoms with van der Waals surface area (Å²) in [6.45, 7) is 0. The fraction of sp³-hybridized carbons (Fsp3) is 0.0357. The highest BCUT2D eigenvalue weighted by atomic mass is 32.2. The molecule has 39 heavy (non-hydrogen) atoms. The third-order valence-electron chi connectivity index (χ3n) is 5.43. The van der Waals surface area contributed by atoms with Gasteiger partial charge in [-0.25, -0.2) is 22.6 Å². The van der Waals surface area contributed by atoms with Crippen LogP contribution in [0.2, 0.25) is 0 Å². The van der Waals surface area contributed by atoms with Crippen LogP contribution in [0.4, 0.5) is 26.2 Å². The van der Waals surface area contributed by atoms with Gasteiger partial charge in [0.2, 0.25) is 10.0 Å². The molecule has 4 aromatic carbocycles. The molecule has 9 nitrogen and oxygen atoms in total. The van der Waals surface area contributed by atoms with Crippen LogP contribution in [0.25, 0.3) is 22.3 Å². The van der Waals surface area contributed by atoms with Gasteiger partial charge in [-0.3, -0.25) is 9.71 Å². The number of nitrogens with zero attached hydrogens (tertiary/aromatic N) is 2. The third-order valence-corrected chi connectivity index (χ3v) is 6.03. The SMILES string of the molecule is CS(=O)(=O)Nc1ccc(-c2cnc3ccc(Oc4ccc(NC(=O)Nc5cccc(F)c5)cc4)cc3n2)cc1. The number of urea groups is 1. The van der Waals surface area contributed by atoms with Crippen molar-refractivity contribution < 1.29 is 22.3 Å². The Morgan fingerprint density at radius 3 is 2.21 bits per heavy atom. The lowest BCUT2D eigenvalue weighted by Crippen LogP contribution is -2.19. The van der Waals surface area contributed by atoms with Gasteiger partial charge in [-0.1, -0.05) is 18.2 Å². The normalized spacial score (nSPS) is 11.1. The van der Waals surface area contributed by atoms with E-state index in [1.807, 2.05) is 0 Å². The number of aromatic nitrogens is 2. The zero-order valence-electron chi connectivity index (χ0n) is 20.6. The molecule has 3 N–H and O–H groups in total. The number of fused-ring (bicyclic) bond motifs is 1. The lowest BCUT2D eigenvalue weighted by atomic mass is 10.1. The molecule has 1 heterocycles. The highest BCUT2D eigenvalue weighted by Crippen LogP contribution is 2.27. The Labute approximate surface area is 223 Å². The van der Waals surface area contributed by atoms with Crippen LogP contribution < -0.4 is 20.1 Å². The Balaban J connectivity index is 1.26. The van der Waals surface area contributed by atoms with Crippen molar-refractivity contribution in [1.29, 1.82) is 0 Å². The molecular weight excluding hydrogens is 521 g/mol. The maximum atomic E-state index is 13.3. The molecule has 0 aliphatic rings. The topological polar surface area (TPSA) is 122 Å². The van der Waals surface area contributed by atoms with E-state index in [1.165, 1.54) is 18.2 Å². The Bertz CT molecular complexity index is 1760. The van der Waals surface area contributed by atoms with Gasteiger partial charge in [0.25, 0.3) is 0 Å². The predicted molar refractivity (Wildman–Crippen MR) is 149 cm³/mol. The quantitative estimate of drug-likeness (QED) is 0.223. The zero-order valence-corrected chi connectivity index (χ0v) is 21.4. The van der Waals surface area contributed by atoms with Crippen molar-refractivity contribution in [2.45, 2.75) is 0 Å². The lowest BCUT2D eigenvalue weighted by molar-refractivity contribution is 0.262. The molecule has 0 unspecified atom stereocenters. The monoisotopic (exact) mass is 543 g/mol. The standard InChI is InChI=1S/C28H22FN5O4S/c1-39(36,37)34-21-7-5-18(6-8-21)27-17-30-25-14-13-24(16-26(25)33-27)38-23-11-9-20(10-12-23)31-28(35)32-22-4-2-3-19(29)15-22/h2-17,34H,1H3,(H2,31,32,35). The molecule has 196 valence electrons. The van der Waals surface area contributed by atoms with Gasteiger partial charge >= 0.3 is 6.03 Å². The van der Waals surface area contributed by atoms with Crippen molar-refractivity contribution >= 4 is 44.1 Å². The number of halogens is 1. The number of carbonyl (C=O) groups excluding carboxylic acids is 1. The molecule has 5 aromatic rings. The molecule has 0 radical (unpaired) electrons. The highest BCUT2D eigenvalue weighted by molar-refractivity contribution is 7.92. The van der Waals surface area contributed by atoms with Gasteiger partial charge in [0, 0.05) is 28.7 Å². The molecule has 0 saturated carbocycles. The van der Waals surface area contributed by atoms with Crippen LogP contribution in [0.15, 0.2) is 97.2 Å². The van der Waals surface area contributed by atoms with Gasteiger partial charge in [-0.2, -0.15) is 0 Å². The van der Waals surface area contributed by atoms with Crippen LogP contribution in [0.1, 0.15) is 0 Å². The number of hydrogen-bond donors (Lipinski definition) is 3. The third kappa shape index (κ3) is 6.84. The number of rotatable bonds is 7. The fourth-order valence-corrected chi connectivity index (χ4v) is 4.28. The summed E-state index contributed by atoms with van der Waals surface area (Å²) in [4.78, 5) is 21.3. The first-order valence-electron chi connectivity index (χ1n) is 11.7. The van der Waals surface area contributed by atoms with E-state index < -0.39 is 21.9 Å². The first-order chi connectivity index (χ1) is 18.7. The van der Waals surface area contributed by atoms with Gasteiger partial charge in [-0.15, -0.1) is 0 Å². The van der Waals surface area contributed by atoms with E-state index in [2.05, 4.69) is 25.3 Å². The van der Waals surface area contributed by atoms with E-state index >= 15 is 0 Å². The molecule has 1 aromatic heterocycles. The molecule has 0 saturated heterocycles. The molecule has 2 amide bonds.